The molecule has 3 rings (SSSR count). The highest BCUT2D eigenvalue weighted by atomic mass is 16.5. The van der Waals surface area contributed by atoms with Crippen molar-refractivity contribution in [1.82, 2.24) is 10.6 Å². The highest BCUT2D eigenvalue weighted by Gasteiger charge is 2.28. The molecule has 1 heterocycles. The zero-order valence-corrected chi connectivity index (χ0v) is 18.1. The third kappa shape index (κ3) is 5.94. The third-order valence-electron chi connectivity index (χ3n) is 5.21. The Balaban J connectivity index is 1.88. The van der Waals surface area contributed by atoms with Gasteiger partial charge in [-0.05, 0) is 42.7 Å². The van der Waals surface area contributed by atoms with Crippen molar-refractivity contribution in [3.63, 3.8) is 0 Å². The number of anilines is 1. The predicted octanol–water partition coefficient (Wildman–Crippen LogP) is 2.54. The van der Waals surface area contributed by atoms with Crippen molar-refractivity contribution in [2.45, 2.75) is 32.7 Å². The first-order valence-corrected chi connectivity index (χ1v) is 10.6. The van der Waals surface area contributed by atoms with Crippen LogP contribution in [0.15, 0.2) is 48.6 Å². The summed E-state index contributed by atoms with van der Waals surface area (Å²) in [5, 5.41) is 10.1. The molecule has 1 saturated heterocycles. The first kappa shape index (κ1) is 23.0. The molecule has 0 saturated carbocycles. The Morgan fingerprint density at radius 2 is 1.94 bits per heavy atom. The van der Waals surface area contributed by atoms with E-state index in [0.717, 1.165) is 10.8 Å². The lowest BCUT2D eigenvalue weighted by Gasteiger charge is -2.19. The average Bonchev–Trinajstić information content (AvgIpc) is 3.15. The molecule has 2 aromatic carbocycles. The van der Waals surface area contributed by atoms with Crippen LogP contribution in [0.3, 0.4) is 0 Å². The first-order chi connectivity index (χ1) is 15.4. The molecule has 0 radical (unpaired) electrons. The van der Waals surface area contributed by atoms with E-state index in [9.17, 15) is 19.2 Å². The van der Waals surface area contributed by atoms with E-state index in [2.05, 4.69) is 16.0 Å². The molecule has 1 aliphatic rings. The third-order valence-corrected chi connectivity index (χ3v) is 5.21. The number of nitrogens with one attached hydrogen (secondary N) is 3. The van der Waals surface area contributed by atoms with Crippen LogP contribution in [0.25, 0.3) is 10.8 Å². The fourth-order valence-corrected chi connectivity index (χ4v) is 3.71. The van der Waals surface area contributed by atoms with E-state index in [1.165, 1.54) is 13.0 Å². The molecule has 3 amide bonds. The van der Waals surface area contributed by atoms with Crippen molar-refractivity contribution in [3.05, 3.63) is 54.1 Å². The first-order valence-electron chi connectivity index (χ1n) is 10.6. The second-order valence-corrected chi connectivity index (χ2v) is 7.63. The van der Waals surface area contributed by atoms with E-state index in [-0.39, 0.29) is 24.3 Å². The summed E-state index contributed by atoms with van der Waals surface area (Å²) in [6, 6.07) is 10.4. The fourth-order valence-electron chi connectivity index (χ4n) is 3.71. The Hall–Kier alpha value is -3.68. The maximum absolute atomic E-state index is 13.2. The van der Waals surface area contributed by atoms with E-state index in [4.69, 9.17) is 4.74 Å². The van der Waals surface area contributed by atoms with Gasteiger partial charge in [0.05, 0.1) is 17.9 Å². The van der Waals surface area contributed by atoms with Gasteiger partial charge in [0.15, 0.2) is 0 Å². The van der Waals surface area contributed by atoms with Crippen LogP contribution in [0, 0.1) is 5.92 Å². The maximum atomic E-state index is 13.2. The number of hydrogen-bond donors (Lipinski definition) is 3. The Bertz CT molecular complexity index is 1060. The minimum absolute atomic E-state index is 0.0709. The normalized spacial score (nSPS) is 16.6. The predicted molar refractivity (Wildman–Crippen MR) is 121 cm³/mol. The smallest absolute Gasteiger partial charge is 0.330 e. The number of hydrogen-bond acceptors (Lipinski definition) is 5. The Labute approximate surface area is 186 Å². The zero-order chi connectivity index (χ0) is 23.1. The van der Waals surface area contributed by atoms with Gasteiger partial charge in [0, 0.05) is 31.5 Å². The monoisotopic (exact) mass is 437 g/mol. The quantitative estimate of drug-likeness (QED) is 0.434. The van der Waals surface area contributed by atoms with Gasteiger partial charge in [-0.3, -0.25) is 14.4 Å². The van der Waals surface area contributed by atoms with Gasteiger partial charge in [-0.2, -0.15) is 0 Å². The van der Waals surface area contributed by atoms with Crippen molar-refractivity contribution < 1.29 is 23.9 Å². The van der Waals surface area contributed by atoms with E-state index in [1.807, 2.05) is 24.3 Å². The van der Waals surface area contributed by atoms with Gasteiger partial charge in [0.1, 0.15) is 0 Å². The topological polar surface area (TPSA) is 114 Å². The van der Waals surface area contributed by atoms with Crippen molar-refractivity contribution in [2.24, 2.45) is 5.92 Å². The molecule has 32 heavy (non-hydrogen) atoms. The molecule has 0 aliphatic carbocycles. The number of esters is 1. The van der Waals surface area contributed by atoms with Gasteiger partial charge in [-0.1, -0.05) is 30.3 Å². The van der Waals surface area contributed by atoms with Crippen LogP contribution in [0.5, 0.6) is 0 Å². The van der Waals surface area contributed by atoms with Gasteiger partial charge in [0.2, 0.25) is 11.8 Å². The minimum Gasteiger partial charge on any atom is -0.463 e. The van der Waals surface area contributed by atoms with Crippen LogP contribution in [-0.2, 0) is 19.1 Å². The fraction of sp³-hybridized carbons (Fsp3) is 0.333. The molecule has 1 fully saturated rings. The highest BCUT2D eigenvalue weighted by molar-refractivity contribution is 6.07. The summed E-state index contributed by atoms with van der Waals surface area (Å²) < 4.78 is 4.92. The SMILES string of the molecule is CCOC(=O)/C=C/C(CC1CCNC1=O)NC(=O)c1cc2ccccc2cc1NC(C)=O. The van der Waals surface area contributed by atoms with Crippen LogP contribution in [0.1, 0.15) is 37.0 Å². The molecule has 168 valence electrons. The molecule has 2 atom stereocenters. The maximum Gasteiger partial charge on any atom is 0.330 e. The molecular formula is C24H27N3O5. The molecule has 2 unspecified atom stereocenters. The van der Waals surface area contributed by atoms with Crippen LogP contribution >= 0.6 is 0 Å². The van der Waals surface area contributed by atoms with Gasteiger partial charge in [-0.25, -0.2) is 4.79 Å². The van der Waals surface area contributed by atoms with Crippen LogP contribution in [0.4, 0.5) is 5.69 Å². The highest BCUT2D eigenvalue weighted by Crippen LogP contribution is 2.25. The van der Waals surface area contributed by atoms with Gasteiger partial charge < -0.3 is 20.7 Å². The summed E-state index contributed by atoms with van der Waals surface area (Å²) in [6.07, 6.45) is 3.80. The number of rotatable bonds is 8. The van der Waals surface area contributed by atoms with Gasteiger partial charge in [-0.15, -0.1) is 0 Å². The zero-order valence-electron chi connectivity index (χ0n) is 18.1. The van der Waals surface area contributed by atoms with E-state index in [1.54, 1.807) is 25.1 Å². The summed E-state index contributed by atoms with van der Waals surface area (Å²) >= 11 is 0. The minimum atomic E-state index is -0.572. The summed E-state index contributed by atoms with van der Waals surface area (Å²) in [7, 11) is 0. The summed E-state index contributed by atoms with van der Waals surface area (Å²) in [6.45, 7) is 3.91. The van der Waals surface area contributed by atoms with Crippen molar-refractivity contribution in [1.29, 1.82) is 0 Å². The Kier molecular flexibility index (Phi) is 7.59. The molecule has 1 aliphatic heterocycles. The van der Waals surface area contributed by atoms with Crippen molar-refractivity contribution >= 4 is 40.2 Å². The number of benzene rings is 2. The summed E-state index contributed by atoms with van der Waals surface area (Å²) in [4.78, 5) is 48.7. The number of carbonyl (C=O) groups excluding carboxylic acids is 4. The Morgan fingerprint density at radius 1 is 1.22 bits per heavy atom. The molecule has 8 nitrogen and oxygen atoms in total. The number of amides is 3. The molecule has 3 N–H and O–H groups in total. The molecule has 0 bridgehead atoms. The molecule has 0 aromatic heterocycles. The second-order valence-electron chi connectivity index (χ2n) is 7.63. The summed E-state index contributed by atoms with van der Waals surface area (Å²) in [5.41, 5.74) is 0.685. The largest absolute Gasteiger partial charge is 0.463 e. The van der Waals surface area contributed by atoms with E-state index in [0.29, 0.717) is 30.6 Å². The molecule has 2 aromatic rings. The van der Waals surface area contributed by atoms with Crippen LogP contribution < -0.4 is 16.0 Å². The second kappa shape index (κ2) is 10.6. The number of carbonyl (C=O) groups is 4. The summed E-state index contributed by atoms with van der Waals surface area (Å²) in [5.74, 6) is -1.57. The van der Waals surface area contributed by atoms with E-state index < -0.39 is 17.9 Å². The Morgan fingerprint density at radius 3 is 2.56 bits per heavy atom. The molecule has 8 heteroatoms. The van der Waals surface area contributed by atoms with Crippen LogP contribution in [-0.4, -0.2) is 42.9 Å². The van der Waals surface area contributed by atoms with Gasteiger partial charge in [0.25, 0.3) is 5.91 Å². The lowest BCUT2D eigenvalue weighted by molar-refractivity contribution is -0.137. The van der Waals surface area contributed by atoms with Crippen molar-refractivity contribution in [3.8, 4) is 0 Å². The average molecular weight is 437 g/mol. The van der Waals surface area contributed by atoms with Crippen LogP contribution in [0.2, 0.25) is 0 Å². The van der Waals surface area contributed by atoms with Gasteiger partial charge >= 0.3 is 5.97 Å². The molecular weight excluding hydrogens is 410 g/mol. The van der Waals surface area contributed by atoms with Crippen molar-refractivity contribution in [2.75, 3.05) is 18.5 Å². The lowest BCUT2D eigenvalue weighted by Crippen LogP contribution is -2.37. The van der Waals surface area contributed by atoms with E-state index >= 15 is 0 Å². The molecule has 0 spiro atoms. The number of fused-ring (bicyclic) bond motifs is 1. The number of ether oxygens (including phenoxy) is 1. The standard InChI is InChI=1S/C24H27N3O5/c1-3-32-22(29)9-8-19(12-18-10-11-25-23(18)30)27-24(31)20-13-16-6-4-5-7-17(16)14-21(20)26-15(2)28/h4-9,13-14,18-19H,3,10-12H2,1-2H3,(H,25,30)(H,26,28)(H,27,31)/b9-8+. The lowest BCUT2D eigenvalue weighted by atomic mass is 9.97.